The van der Waals surface area contributed by atoms with E-state index in [1.54, 1.807) is 18.2 Å². The molecule has 1 N–H and O–H groups in total. The van der Waals surface area contributed by atoms with E-state index in [-0.39, 0.29) is 24.2 Å². The molecule has 6 nitrogen and oxygen atoms in total. The van der Waals surface area contributed by atoms with Crippen molar-refractivity contribution in [2.75, 3.05) is 26.0 Å². The van der Waals surface area contributed by atoms with Gasteiger partial charge in [0.2, 0.25) is 5.91 Å². The quantitative estimate of drug-likeness (QED) is 0.420. The van der Waals surface area contributed by atoms with E-state index in [1.165, 1.54) is 31.0 Å². The average Bonchev–Trinajstić information content (AvgIpc) is 2.86. The van der Waals surface area contributed by atoms with Crippen molar-refractivity contribution in [2.45, 2.75) is 49.5 Å². The van der Waals surface area contributed by atoms with Crippen molar-refractivity contribution in [1.82, 2.24) is 10.2 Å². The molecule has 0 radical (unpaired) electrons. The van der Waals surface area contributed by atoms with Gasteiger partial charge in [0.05, 0.1) is 11.3 Å². The number of thioether (sulfide) groups is 1. The molecule has 1 aliphatic rings. The monoisotopic (exact) mass is 468 g/mol. The number of amides is 2. The van der Waals surface area contributed by atoms with E-state index in [0.29, 0.717) is 29.5 Å². The van der Waals surface area contributed by atoms with Crippen molar-refractivity contribution in [2.24, 2.45) is 0 Å². The van der Waals surface area contributed by atoms with Crippen molar-refractivity contribution in [3.63, 3.8) is 0 Å². The molecule has 0 aromatic heterocycles. The number of rotatable bonds is 10. The Kier molecular flexibility index (Phi) is 9.81. The van der Waals surface area contributed by atoms with E-state index in [4.69, 9.17) is 4.74 Å². The third-order valence-electron chi connectivity index (χ3n) is 5.89. The van der Waals surface area contributed by atoms with E-state index in [0.717, 1.165) is 18.4 Å². The molecule has 7 heteroatoms. The molecule has 0 atom stereocenters. The molecule has 0 unspecified atom stereocenters. The Bertz CT molecular complexity index is 929. The van der Waals surface area contributed by atoms with Crippen molar-refractivity contribution >= 4 is 29.5 Å². The predicted molar refractivity (Wildman–Crippen MR) is 130 cm³/mol. The van der Waals surface area contributed by atoms with Gasteiger partial charge in [0.25, 0.3) is 5.91 Å². The Labute approximate surface area is 200 Å². The van der Waals surface area contributed by atoms with Crippen molar-refractivity contribution < 1.29 is 19.1 Å². The first kappa shape index (κ1) is 24.8. The zero-order valence-corrected chi connectivity index (χ0v) is 19.9. The van der Waals surface area contributed by atoms with Gasteiger partial charge in [-0.3, -0.25) is 9.59 Å². The van der Waals surface area contributed by atoms with E-state index >= 15 is 0 Å². The van der Waals surface area contributed by atoms with Crippen molar-refractivity contribution in [1.29, 1.82) is 0 Å². The molecule has 3 rings (SSSR count). The largest absolute Gasteiger partial charge is 0.452 e. The first-order valence-electron chi connectivity index (χ1n) is 11.5. The number of ether oxygens (including phenoxy) is 1. The maximum Gasteiger partial charge on any atom is 0.339 e. The minimum Gasteiger partial charge on any atom is -0.452 e. The van der Waals surface area contributed by atoms with Gasteiger partial charge >= 0.3 is 5.97 Å². The molecule has 0 spiro atoms. The Balaban J connectivity index is 1.44. The van der Waals surface area contributed by atoms with Gasteiger partial charge in [-0.1, -0.05) is 61.7 Å². The summed E-state index contributed by atoms with van der Waals surface area (Å²) in [5.74, 6) is -0.581. The molecule has 1 aliphatic carbocycles. The number of carbonyl (C=O) groups is 3. The number of esters is 1. The minimum atomic E-state index is -0.565. The molecule has 1 fully saturated rings. The highest BCUT2D eigenvalue weighted by Gasteiger charge is 2.23. The lowest BCUT2D eigenvalue weighted by molar-refractivity contribution is -0.129. The lowest BCUT2D eigenvalue weighted by Crippen LogP contribution is -2.39. The summed E-state index contributed by atoms with van der Waals surface area (Å²) in [5, 5.41) is 2.76. The SMILES string of the molecule is CN(C(=O)CSc1ccccc1C(=O)OCC(=O)NCCc1ccccc1)C1CCCCC1. The van der Waals surface area contributed by atoms with Crippen LogP contribution in [0.3, 0.4) is 0 Å². The van der Waals surface area contributed by atoms with Crippen LogP contribution in [0.5, 0.6) is 0 Å². The molecule has 2 amide bonds. The number of nitrogens with one attached hydrogen (secondary N) is 1. The first-order valence-corrected chi connectivity index (χ1v) is 12.5. The van der Waals surface area contributed by atoms with E-state index in [9.17, 15) is 14.4 Å². The Hall–Kier alpha value is -2.80. The van der Waals surface area contributed by atoms with Crippen LogP contribution < -0.4 is 5.32 Å². The second kappa shape index (κ2) is 13.0. The lowest BCUT2D eigenvalue weighted by Gasteiger charge is -2.31. The van der Waals surface area contributed by atoms with Crippen LogP contribution in [0.15, 0.2) is 59.5 Å². The fourth-order valence-corrected chi connectivity index (χ4v) is 4.89. The van der Waals surface area contributed by atoms with Crippen LogP contribution in [0.1, 0.15) is 48.0 Å². The minimum absolute atomic E-state index is 0.0628. The number of hydrogen-bond acceptors (Lipinski definition) is 5. The van der Waals surface area contributed by atoms with E-state index in [2.05, 4.69) is 5.32 Å². The van der Waals surface area contributed by atoms with Gasteiger partial charge in [0.1, 0.15) is 0 Å². The number of carbonyl (C=O) groups excluding carboxylic acids is 3. The van der Waals surface area contributed by atoms with E-state index in [1.807, 2.05) is 48.3 Å². The predicted octanol–water partition coefficient (Wildman–Crippen LogP) is 4.09. The zero-order chi connectivity index (χ0) is 23.5. The summed E-state index contributed by atoms with van der Waals surface area (Å²) in [6.07, 6.45) is 6.41. The third kappa shape index (κ3) is 7.93. The van der Waals surface area contributed by atoms with Crippen LogP contribution in [0.4, 0.5) is 0 Å². The highest BCUT2D eigenvalue weighted by atomic mass is 32.2. The summed E-state index contributed by atoms with van der Waals surface area (Å²) in [7, 11) is 1.87. The number of hydrogen-bond donors (Lipinski definition) is 1. The van der Waals surface area contributed by atoms with Crippen LogP contribution in [-0.2, 0) is 20.7 Å². The normalized spacial score (nSPS) is 13.8. The third-order valence-corrected chi connectivity index (χ3v) is 6.95. The molecule has 176 valence electrons. The highest BCUT2D eigenvalue weighted by Crippen LogP contribution is 2.26. The summed E-state index contributed by atoms with van der Waals surface area (Å²) in [4.78, 5) is 39.8. The smallest absolute Gasteiger partial charge is 0.339 e. The maximum absolute atomic E-state index is 12.7. The molecule has 0 aliphatic heterocycles. The summed E-state index contributed by atoms with van der Waals surface area (Å²) < 4.78 is 5.22. The van der Waals surface area contributed by atoms with Crippen LogP contribution in [0.2, 0.25) is 0 Å². The van der Waals surface area contributed by atoms with Gasteiger partial charge in [0.15, 0.2) is 6.61 Å². The molecular formula is C26H32N2O4S. The van der Waals surface area contributed by atoms with Crippen LogP contribution in [-0.4, -0.2) is 54.7 Å². The van der Waals surface area contributed by atoms with Gasteiger partial charge in [0, 0.05) is 24.5 Å². The standard InChI is InChI=1S/C26H32N2O4S/c1-28(21-12-6-3-7-13-21)25(30)19-33-23-15-9-8-14-22(23)26(31)32-18-24(29)27-17-16-20-10-4-2-5-11-20/h2,4-5,8-11,14-15,21H,3,6-7,12-13,16-19H2,1H3,(H,27,29). The van der Waals surface area contributed by atoms with Gasteiger partial charge < -0.3 is 15.0 Å². The van der Waals surface area contributed by atoms with Gasteiger partial charge in [-0.25, -0.2) is 4.79 Å². The second-order valence-corrected chi connectivity index (χ2v) is 9.26. The summed E-state index contributed by atoms with van der Waals surface area (Å²) >= 11 is 1.33. The van der Waals surface area contributed by atoms with Gasteiger partial charge in [-0.2, -0.15) is 0 Å². The van der Waals surface area contributed by atoms with E-state index < -0.39 is 5.97 Å². The Morgan fingerprint density at radius 2 is 1.70 bits per heavy atom. The second-order valence-electron chi connectivity index (χ2n) is 8.24. The summed E-state index contributed by atoms with van der Waals surface area (Å²) in [5.41, 5.74) is 1.50. The van der Waals surface area contributed by atoms with Gasteiger partial charge in [-0.15, -0.1) is 11.8 Å². The van der Waals surface area contributed by atoms with Crippen molar-refractivity contribution in [3.8, 4) is 0 Å². The highest BCUT2D eigenvalue weighted by molar-refractivity contribution is 8.00. The molecule has 33 heavy (non-hydrogen) atoms. The van der Waals surface area contributed by atoms with Gasteiger partial charge in [-0.05, 0) is 37.0 Å². The van der Waals surface area contributed by atoms with Crippen LogP contribution in [0, 0.1) is 0 Å². The molecule has 2 aromatic carbocycles. The maximum atomic E-state index is 12.7. The van der Waals surface area contributed by atoms with Crippen LogP contribution >= 0.6 is 11.8 Å². The Morgan fingerprint density at radius 3 is 2.45 bits per heavy atom. The number of nitrogens with zero attached hydrogens (tertiary/aromatic N) is 1. The molecule has 1 saturated carbocycles. The lowest BCUT2D eigenvalue weighted by atomic mass is 9.94. The van der Waals surface area contributed by atoms with Crippen molar-refractivity contribution in [3.05, 3.63) is 65.7 Å². The van der Waals surface area contributed by atoms with Crippen LogP contribution in [0.25, 0.3) is 0 Å². The zero-order valence-electron chi connectivity index (χ0n) is 19.1. The average molecular weight is 469 g/mol. The first-order chi connectivity index (χ1) is 16.0. The molecule has 0 saturated heterocycles. The fraction of sp³-hybridized carbons (Fsp3) is 0.423. The Morgan fingerprint density at radius 1 is 1.00 bits per heavy atom. The molecule has 2 aromatic rings. The molecule has 0 bridgehead atoms. The topological polar surface area (TPSA) is 75.7 Å². The summed E-state index contributed by atoms with van der Waals surface area (Å²) in [6, 6.07) is 17.2. The molecule has 0 heterocycles. The summed E-state index contributed by atoms with van der Waals surface area (Å²) in [6.45, 7) is 0.138. The fourth-order valence-electron chi connectivity index (χ4n) is 3.93. The number of benzene rings is 2. The molecular weight excluding hydrogens is 436 g/mol.